The van der Waals surface area contributed by atoms with Gasteiger partial charge in [0.05, 0.1) is 0 Å². The van der Waals surface area contributed by atoms with E-state index in [1.807, 2.05) is 31.2 Å². The molecule has 0 spiro atoms. The van der Waals surface area contributed by atoms with E-state index in [0.717, 1.165) is 5.69 Å². The van der Waals surface area contributed by atoms with Gasteiger partial charge in [0.15, 0.2) is 0 Å². The first-order chi connectivity index (χ1) is 8.74. The van der Waals surface area contributed by atoms with E-state index in [4.69, 9.17) is 0 Å². The van der Waals surface area contributed by atoms with Crippen molar-refractivity contribution in [2.75, 3.05) is 5.32 Å². The van der Waals surface area contributed by atoms with Crippen LogP contribution in [0.2, 0.25) is 0 Å². The summed E-state index contributed by atoms with van der Waals surface area (Å²) in [5, 5.41) is 2.96. The highest BCUT2D eigenvalue weighted by Gasteiger charge is 2.25. The Balaban J connectivity index is 2.10. The minimum Gasteiger partial charge on any atom is -0.326 e. The molecule has 2 aromatic rings. The lowest BCUT2D eigenvalue weighted by Crippen LogP contribution is -2.23. The molecule has 0 bridgehead atoms. The normalized spacial score (nSPS) is 18.1. The van der Waals surface area contributed by atoms with Gasteiger partial charge in [-0.25, -0.2) is 0 Å². The van der Waals surface area contributed by atoms with Gasteiger partial charge in [-0.1, -0.05) is 42.5 Å². The zero-order chi connectivity index (χ0) is 12.5. The van der Waals surface area contributed by atoms with Gasteiger partial charge in [-0.15, -0.1) is 0 Å². The van der Waals surface area contributed by atoms with Crippen LogP contribution in [0, 0.1) is 6.92 Å². The van der Waals surface area contributed by atoms with Gasteiger partial charge in [0, 0.05) is 18.0 Å². The lowest BCUT2D eigenvalue weighted by molar-refractivity contribution is -0.116. The van der Waals surface area contributed by atoms with Gasteiger partial charge in [0.2, 0.25) is 5.91 Å². The average Bonchev–Trinajstić information content (AvgIpc) is 2.38. The molecule has 2 aromatic carbocycles. The zero-order valence-corrected chi connectivity index (χ0v) is 10.3. The van der Waals surface area contributed by atoms with Crippen molar-refractivity contribution in [3.05, 3.63) is 65.2 Å². The summed E-state index contributed by atoms with van der Waals surface area (Å²) in [4.78, 5) is 11.8. The number of hydrogen-bond acceptors (Lipinski definition) is 1. The number of rotatable bonds is 1. The molecule has 0 aromatic heterocycles. The summed E-state index contributed by atoms with van der Waals surface area (Å²) in [6.45, 7) is 2.04. The molecule has 3 rings (SSSR count). The maximum Gasteiger partial charge on any atom is 0.225 e. The van der Waals surface area contributed by atoms with Crippen LogP contribution in [0.4, 0.5) is 5.69 Å². The Kier molecular flexibility index (Phi) is 2.63. The average molecular weight is 237 g/mol. The first-order valence-corrected chi connectivity index (χ1v) is 6.19. The number of benzene rings is 2. The predicted octanol–water partition coefficient (Wildman–Crippen LogP) is 3.47. The van der Waals surface area contributed by atoms with Gasteiger partial charge < -0.3 is 5.32 Å². The second kappa shape index (κ2) is 4.30. The Bertz CT molecular complexity index is 589. The minimum absolute atomic E-state index is 0.0990. The topological polar surface area (TPSA) is 29.1 Å². The van der Waals surface area contributed by atoms with E-state index in [1.165, 1.54) is 16.7 Å². The molecule has 1 atom stereocenters. The largest absolute Gasteiger partial charge is 0.326 e. The molecule has 1 unspecified atom stereocenters. The van der Waals surface area contributed by atoms with Gasteiger partial charge in [-0.05, 0) is 29.7 Å². The monoisotopic (exact) mass is 237 g/mol. The van der Waals surface area contributed by atoms with E-state index >= 15 is 0 Å². The van der Waals surface area contributed by atoms with E-state index in [1.54, 1.807) is 0 Å². The third-order valence-corrected chi connectivity index (χ3v) is 3.45. The number of carbonyl (C=O) groups excluding carboxylic acids is 1. The smallest absolute Gasteiger partial charge is 0.225 e. The van der Waals surface area contributed by atoms with Crippen LogP contribution in [0.15, 0.2) is 48.5 Å². The molecule has 0 radical (unpaired) electrons. The van der Waals surface area contributed by atoms with Crippen molar-refractivity contribution in [2.45, 2.75) is 19.3 Å². The number of fused-ring (bicyclic) bond motifs is 1. The summed E-state index contributed by atoms with van der Waals surface area (Å²) in [6, 6.07) is 16.5. The molecule has 0 fully saturated rings. The Morgan fingerprint density at radius 1 is 1.11 bits per heavy atom. The number of amides is 1. The van der Waals surface area contributed by atoms with Gasteiger partial charge in [0.25, 0.3) is 0 Å². The van der Waals surface area contributed by atoms with Crippen LogP contribution >= 0.6 is 0 Å². The van der Waals surface area contributed by atoms with Crippen LogP contribution in [0.1, 0.15) is 29.0 Å². The second-order valence-electron chi connectivity index (χ2n) is 4.81. The molecular weight excluding hydrogens is 222 g/mol. The second-order valence-corrected chi connectivity index (χ2v) is 4.81. The van der Waals surface area contributed by atoms with Crippen molar-refractivity contribution in [2.24, 2.45) is 0 Å². The Morgan fingerprint density at radius 3 is 2.67 bits per heavy atom. The van der Waals surface area contributed by atoms with E-state index in [2.05, 4.69) is 29.6 Å². The number of anilines is 1. The van der Waals surface area contributed by atoms with Crippen molar-refractivity contribution in [1.82, 2.24) is 0 Å². The van der Waals surface area contributed by atoms with Crippen molar-refractivity contribution >= 4 is 11.6 Å². The summed E-state index contributed by atoms with van der Waals surface area (Å²) >= 11 is 0. The van der Waals surface area contributed by atoms with E-state index < -0.39 is 0 Å². The molecule has 1 aliphatic rings. The van der Waals surface area contributed by atoms with Crippen molar-refractivity contribution in [1.29, 1.82) is 0 Å². The third-order valence-electron chi connectivity index (χ3n) is 3.45. The minimum atomic E-state index is 0.0990. The molecular formula is C16H15NO. The molecule has 1 N–H and O–H groups in total. The molecule has 0 aliphatic carbocycles. The highest BCUT2D eigenvalue weighted by atomic mass is 16.1. The first kappa shape index (κ1) is 11.0. The van der Waals surface area contributed by atoms with E-state index in [9.17, 15) is 4.79 Å². The summed E-state index contributed by atoms with van der Waals surface area (Å²) in [6.07, 6.45) is 0.528. The fourth-order valence-corrected chi connectivity index (χ4v) is 2.56. The highest BCUT2D eigenvalue weighted by Crippen LogP contribution is 2.37. The quantitative estimate of drug-likeness (QED) is 0.808. The number of nitrogens with one attached hydrogen (secondary N) is 1. The molecule has 1 heterocycles. The first-order valence-electron chi connectivity index (χ1n) is 6.19. The summed E-state index contributed by atoms with van der Waals surface area (Å²) in [5.41, 5.74) is 4.55. The summed E-state index contributed by atoms with van der Waals surface area (Å²) < 4.78 is 0. The fourth-order valence-electron chi connectivity index (χ4n) is 2.56. The molecule has 18 heavy (non-hydrogen) atoms. The highest BCUT2D eigenvalue weighted by molar-refractivity contribution is 5.95. The van der Waals surface area contributed by atoms with Gasteiger partial charge >= 0.3 is 0 Å². The Morgan fingerprint density at radius 2 is 1.89 bits per heavy atom. The predicted molar refractivity (Wildman–Crippen MR) is 72.7 cm³/mol. The standard InChI is InChI=1S/C16H15NO/c1-11-7-8-13-14(12-5-3-2-4-6-12)10-16(18)17-15(13)9-11/h2-9,14H,10H2,1H3,(H,17,18). The molecule has 1 aliphatic heterocycles. The molecule has 0 saturated heterocycles. The number of hydrogen-bond donors (Lipinski definition) is 1. The lowest BCUT2D eigenvalue weighted by Gasteiger charge is -2.26. The molecule has 1 amide bonds. The Hall–Kier alpha value is -2.09. The zero-order valence-electron chi connectivity index (χ0n) is 10.3. The maximum atomic E-state index is 11.8. The summed E-state index contributed by atoms with van der Waals surface area (Å²) in [5.74, 6) is 0.275. The lowest BCUT2D eigenvalue weighted by atomic mass is 9.84. The molecule has 0 saturated carbocycles. The van der Waals surface area contributed by atoms with Crippen LogP contribution in [0.25, 0.3) is 0 Å². The number of aryl methyl sites for hydroxylation is 1. The molecule has 2 nitrogen and oxygen atoms in total. The van der Waals surface area contributed by atoms with E-state index in [-0.39, 0.29) is 11.8 Å². The fraction of sp³-hybridized carbons (Fsp3) is 0.188. The van der Waals surface area contributed by atoms with Crippen molar-refractivity contribution in [3.8, 4) is 0 Å². The van der Waals surface area contributed by atoms with Crippen LogP contribution in [0.5, 0.6) is 0 Å². The van der Waals surface area contributed by atoms with Crippen molar-refractivity contribution < 1.29 is 4.79 Å². The van der Waals surface area contributed by atoms with Crippen LogP contribution in [-0.2, 0) is 4.79 Å². The maximum absolute atomic E-state index is 11.8. The van der Waals surface area contributed by atoms with Gasteiger partial charge in [-0.3, -0.25) is 4.79 Å². The van der Waals surface area contributed by atoms with Crippen LogP contribution < -0.4 is 5.32 Å². The van der Waals surface area contributed by atoms with Crippen molar-refractivity contribution in [3.63, 3.8) is 0 Å². The third kappa shape index (κ3) is 1.90. The van der Waals surface area contributed by atoms with Gasteiger partial charge in [-0.2, -0.15) is 0 Å². The number of carbonyl (C=O) groups is 1. The summed E-state index contributed by atoms with van der Waals surface area (Å²) in [7, 11) is 0. The Labute approximate surface area is 107 Å². The van der Waals surface area contributed by atoms with E-state index in [0.29, 0.717) is 6.42 Å². The SMILES string of the molecule is Cc1ccc2c(c1)NC(=O)CC2c1ccccc1. The molecule has 90 valence electrons. The molecule has 2 heteroatoms. The van der Waals surface area contributed by atoms with Gasteiger partial charge in [0.1, 0.15) is 0 Å². The van der Waals surface area contributed by atoms with Crippen LogP contribution in [-0.4, -0.2) is 5.91 Å². The van der Waals surface area contributed by atoms with Crippen LogP contribution in [0.3, 0.4) is 0 Å².